The molecule has 2 aromatic rings. The fourth-order valence-corrected chi connectivity index (χ4v) is 3.18. The Labute approximate surface area is 131 Å². The molecule has 0 spiro atoms. The van der Waals surface area contributed by atoms with Gasteiger partial charge < -0.3 is 5.73 Å². The van der Waals surface area contributed by atoms with Gasteiger partial charge in [-0.3, -0.25) is 0 Å². The van der Waals surface area contributed by atoms with E-state index in [1.807, 2.05) is 49.4 Å². The van der Waals surface area contributed by atoms with Gasteiger partial charge in [0.05, 0.1) is 0 Å². The zero-order valence-electron chi connectivity index (χ0n) is 10.5. The van der Waals surface area contributed by atoms with Gasteiger partial charge in [0.1, 0.15) is 0 Å². The highest BCUT2D eigenvalue weighted by Gasteiger charge is 2.25. The average Bonchev–Trinajstić information content (AvgIpc) is 2.31. The molecule has 0 amide bonds. The number of halogens is 3. The van der Waals surface area contributed by atoms with Gasteiger partial charge in [0.15, 0.2) is 0 Å². The summed E-state index contributed by atoms with van der Waals surface area (Å²) >= 11 is 15.9. The van der Waals surface area contributed by atoms with E-state index in [9.17, 15) is 0 Å². The first kappa shape index (κ1) is 14.9. The minimum atomic E-state index is -0.567. The maximum atomic E-state index is 6.43. The van der Waals surface area contributed by atoms with Gasteiger partial charge in [0, 0.05) is 20.1 Å². The third-order valence-corrected chi connectivity index (χ3v) is 4.24. The molecular weight excluding hydrogens is 345 g/mol. The van der Waals surface area contributed by atoms with Crippen LogP contribution in [-0.4, -0.2) is 0 Å². The van der Waals surface area contributed by atoms with E-state index in [4.69, 9.17) is 28.9 Å². The van der Waals surface area contributed by atoms with E-state index in [-0.39, 0.29) is 0 Å². The smallest absolute Gasteiger partial charge is 0.0467 e. The molecule has 4 heteroatoms. The Morgan fingerprint density at radius 3 is 2.42 bits per heavy atom. The van der Waals surface area contributed by atoms with E-state index in [1.165, 1.54) is 0 Å². The van der Waals surface area contributed by atoms with Gasteiger partial charge in [-0.25, -0.2) is 0 Å². The lowest BCUT2D eigenvalue weighted by Gasteiger charge is -2.27. The zero-order valence-corrected chi connectivity index (χ0v) is 13.6. The lowest BCUT2D eigenvalue weighted by molar-refractivity contribution is 0.491. The molecule has 0 radical (unpaired) electrons. The van der Waals surface area contributed by atoms with Crippen molar-refractivity contribution in [2.45, 2.75) is 18.9 Å². The van der Waals surface area contributed by atoms with Crippen LogP contribution in [0.1, 0.15) is 18.1 Å². The summed E-state index contributed by atoms with van der Waals surface area (Å²) < 4.78 is 0.940. The van der Waals surface area contributed by atoms with Crippen LogP contribution in [0.15, 0.2) is 46.9 Å². The van der Waals surface area contributed by atoms with E-state index in [0.29, 0.717) is 11.4 Å². The molecule has 0 bridgehead atoms. The van der Waals surface area contributed by atoms with E-state index in [2.05, 4.69) is 15.9 Å². The molecule has 0 heterocycles. The topological polar surface area (TPSA) is 26.0 Å². The fourth-order valence-electron chi connectivity index (χ4n) is 2.09. The van der Waals surface area contributed by atoms with Crippen molar-refractivity contribution in [1.82, 2.24) is 0 Å². The maximum absolute atomic E-state index is 6.43. The third-order valence-electron chi connectivity index (χ3n) is 3.06. The van der Waals surface area contributed by atoms with Crippen molar-refractivity contribution in [2.75, 3.05) is 0 Å². The number of hydrogen-bond donors (Lipinski definition) is 1. The molecule has 0 aliphatic carbocycles. The first-order valence-electron chi connectivity index (χ1n) is 5.88. The van der Waals surface area contributed by atoms with Crippen molar-refractivity contribution in [3.05, 3.63) is 68.1 Å². The van der Waals surface area contributed by atoms with E-state index >= 15 is 0 Å². The molecule has 19 heavy (non-hydrogen) atoms. The zero-order chi connectivity index (χ0) is 14.0. The second-order valence-corrected chi connectivity index (χ2v) is 6.54. The van der Waals surface area contributed by atoms with Crippen LogP contribution >= 0.6 is 39.1 Å². The van der Waals surface area contributed by atoms with E-state index < -0.39 is 5.54 Å². The van der Waals surface area contributed by atoms with Crippen molar-refractivity contribution >= 4 is 39.1 Å². The van der Waals surface area contributed by atoms with Gasteiger partial charge in [-0.05, 0) is 42.7 Å². The Morgan fingerprint density at radius 2 is 1.79 bits per heavy atom. The standard InChI is InChI=1S/C15H14BrCl2N/c1-15(19,9-10-4-2-3-5-13(10)17)12-7-6-11(16)8-14(12)18/h2-8H,9,19H2,1H3. The molecule has 2 rings (SSSR count). The van der Waals surface area contributed by atoms with Crippen molar-refractivity contribution in [3.8, 4) is 0 Å². The highest BCUT2D eigenvalue weighted by Crippen LogP contribution is 2.32. The SMILES string of the molecule is CC(N)(Cc1ccccc1Cl)c1ccc(Br)cc1Cl. The molecule has 100 valence electrons. The predicted molar refractivity (Wildman–Crippen MR) is 85.8 cm³/mol. The van der Waals surface area contributed by atoms with Gasteiger partial charge in [0.2, 0.25) is 0 Å². The Kier molecular flexibility index (Phi) is 4.57. The molecule has 0 fully saturated rings. The third kappa shape index (κ3) is 3.51. The lowest BCUT2D eigenvalue weighted by atomic mass is 9.86. The van der Waals surface area contributed by atoms with Crippen LogP contribution in [0.25, 0.3) is 0 Å². The maximum Gasteiger partial charge on any atom is 0.0467 e. The van der Waals surface area contributed by atoms with Gasteiger partial charge in [-0.15, -0.1) is 0 Å². The molecular formula is C15H14BrCl2N. The molecule has 1 nitrogen and oxygen atoms in total. The van der Waals surface area contributed by atoms with Crippen molar-refractivity contribution in [3.63, 3.8) is 0 Å². The summed E-state index contributed by atoms with van der Waals surface area (Å²) in [6, 6.07) is 13.5. The second-order valence-electron chi connectivity index (χ2n) is 4.81. The first-order chi connectivity index (χ1) is 8.90. The summed E-state index contributed by atoms with van der Waals surface area (Å²) in [5.41, 5.74) is 7.80. The van der Waals surface area contributed by atoms with Crippen LogP contribution in [0, 0.1) is 0 Å². The number of hydrogen-bond acceptors (Lipinski definition) is 1. The molecule has 1 atom stereocenters. The van der Waals surface area contributed by atoms with Crippen LogP contribution in [0.3, 0.4) is 0 Å². The molecule has 1 unspecified atom stereocenters. The van der Waals surface area contributed by atoms with Crippen molar-refractivity contribution < 1.29 is 0 Å². The summed E-state index contributed by atoms with van der Waals surface area (Å²) in [7, 11) is 0. The summed E-state index contributed by atoms with van der Waals surface area (Å²) in [6.07, 6.45) is 0.633. The molecule has 0 saturated heterocycles. The van der Waals surface area contributed by atoms with Gasteiger partial charge in [-0.2, -0.15) is 0 Å². The monoisotopic (exact) mass is 357 g/mol. The predicted octanol–water partition coefficient (Wildman–Crippen LogP) is 5.17. The Hall–Kier alpha value is -0.540. The highest BCUT2D eigenvalue weighted by molar-refractivity contribution is 9.10. The minimum Gasteiger partial charge on any atom is -0.321 e. The first-order valence-corrected chi connectivity index (χ1v) is 7.43. The molecule has 0 saturated carbocycles. The number of nitrogens with two attached hydrogens (primary N) is 1. The molecule has 0 aromatic heterocycles. The largest absolute Gasteiger partial charge is 0.321 e. The van der Waals surface area contributed by atoms with Crippen molar-refractivity contribution in [1.29, 1.82) is 0 Å². The lowest BCUT2D eigenvalue weighted by Crippen LogP contribution is -2.35. The van der Waals surface area contributed by atoms with Crippen LogP contribution in [0.2, 0.25) is 10.0 Å². The van der Waals surface area contributed by atoms with Crippen LogP contribution in [0.5, 0.6) is 0 Å². The normalized spacial score (nSPS) is 14.2. The van der Waals surface area contributed by atoms with Gasteiger partial charge in [-0.1, -0.05) is 63.4 Å². The Balaban J connectivity index is 2.35. The summed E-state index contributed by atoms with van der Waals surface area (Å²) in [4.78, 5) is 0. The summed E-state index contributed by atoms with van der Waals surface area (Å²) in [5, 5.41) is 1.39. The molecule has 0 aliphatic rings. The average molecular weight is 359 g/mol. The van der Waals surface area contributed by atoms with Gasteiger partial charge in [0.25, 0.3) is 0 Å². The number of benzene rings is 2. The van der Waals surface area contributed by atoms with Crippen LogP contribution in [0.4, 0.5) is 0 Å². The van der Waals surface area contributed by atoms with Gasteiger partial charge >= 0.3 is 0 Å². The molecule has 2 N–H and O–H groups in total. The molecule has 2 aromatic carbocycles. The van der Waals surface area contributed by atoms with Crippen molar-refractivity contribution in [2.24, 2.45) is 5.73 Å². The minimum absolute atomic E-state index is 0.567. The Morgan fingerprint density at radius 1 is 1.11 bits per heavy atom. The quantitative estimate of drug-likeness (QED) is 0.804. The summed E-state index contributed by atoms with van der Waals surface area (Å²) in [5.74, 6) is 0. The molecule has 0 aliphatic heterocycles. The Bertz CT molecular complexity index is 596. The van der Waals surface area contributed by atoms with E-state index in [0.717, 1.165) is 20.6 Å². The number of rotatable bonds is 3. The van der Waals surface area contributed by atoms with E-state index in [1.54, 1.807) is 0 Å². The van der Waals surface area contributed by atoms with Crippen LogP contribution < -0.4 is 5.73 Å². The fraction of sp³-hybridized carbons (Fsp3) is 0.200. The van der Waals surface area contributed by atoms with Crippen LogP contribution in [-0.2, 0) is 12.0 Å². The second kappa shape index (κ2) is 5.84. The summed E-state index contributed by atoms with van der Waals surface area (Å²) in [6.45, 7) is 1.96. The highest BCUT2D eigenvalue weighted by atomic mass is 79.9.